The van der Waals surface area contributed by atoms with Crippen molar-refractivity contribution in [2.24, 2.45) is 5.73 Å². The molecule has 2 aromatic carbocycles. The van der Waals surface area contributed by atoms with E-state index in [0.29, 0.717) is 24.2 Å². The molecule has 0 fully saturated rings. The van der Waals surface area contributed by atoms with Crippen molar-refractivity contribution in [3.63, 3.8) is 0 Å². The molecule has 9 heteroatoms. The molecule has 0 bridgehead atoms. The number of hydrogen-bond acceptors (Lipinski definition) is 5. The molecule has 3 rings (SSSR count). The zero-order valence-corrected chi connectivity index (χ0v) is 16.5. The molecule has 0 saturated carbocycles. The fourth-order valence-corrected chi connectivity index (χ4v) is 2.71. The first-order valence-electron chi connectivity index (χ1n) is 9.27. The van der Waals surface area contributed by atoms with Crippen LogP contribution in [0.15, 0.2) is 54.9 Å². The first-order chi connectivity index (χ1) is 14.9. The highest BCUT2D eigenvalue weighted by Crippen LogP contribution is 2.30. The van der Waals surface area contributed by atoms with E-state index in [1.165, 1.54) is 12.1 Å². The number of aromatic nitrogens is 1. The number of rotatable bonds is 8. The number of hydrogen-bond donors (Lipinski definition) is 2. The monoisotopic (exact) mass is 427 g/mol. The number of primary amides is 1. The molecule has 0 aliphatic carbocycles. The minimum atomic E-state index is -1.11. The Hall–Kier alpha value is -4.01. The maximum absolute atomic E-state index is 14.0. The smallest absolute Gasteiger partial charge is 0.255 e. The SMILES string of the molecule is CCOc1cc(C(=O)Nc2cc(C(N)=O)c(F)cc2F)ccc1OCc1cccnc1. The van der Waals surface area contributed by atoms with Crippen molar-refractivity contribution in [2.75, 3.05) is 11.9 Å². The lowest BCUT2D eigenvalue weighted by molar-refractivity contribution is 0.0992. The number of benzene rings is 2. The predicted octanol–water partition coefficient (Wildman–Crippen LogP) is 3.69. The van der Waals surface area contributed by atoms with E-state index in [1.807, 2.05) is 6.07 Å². The number of anilines is 1. The topological polar surface area (TPSA) is 104 Å². The first kappa shape index (κ1) is 21.7. The van der Waals surface area contributed by atoms with Crippen LogP contribution in [0.5, 0.6) is 11.5 Å². The van der Waals surface area contributed by atoms with Gasteiger partial charge in [0.05, 0.1) is 17.9 Å². The van der Waals surface area contributed by atoms with Gasteiger partial charge in [-0.2, -0.15) is 0 Å². The number of amides is 2. The van der Waals surface area contributed by atoms with Crippen molar-refractivity contribution >= 4 is 17.5 Å². The van der Waals surface area contributed by atoms with Gasteiger partial charge < -0.3 is 20.5 Å². The van der Waals surface area contributed by atoms with Crippen LogP contribution >= 0.6 is 0 Å². The largest absolute Gasteiger partial charge is 0.490 e. The van der Waals surface area contributed by atoms with Gasteiger partial charge >= 0.3 is 0 Å². The highest BCUT2D eigenvalue weighted by Gasteiger charge is 2.17. The summed E-state index contributed by atoms with van der Waals surface area (Å²) in [5.74, 6) is -3.21. The molecule has 0 saturated heterocycles. The average Bonchev–Trinajstić information content (AvgIpc) is 2.75. The summed E-state index contributed by atoms with van der Waals surface area (Å²) in [5, 5.41) is 2.30. The van der Waals surface area contributed by atoms with Crippen LogP contribution in [0, 0.1) is 11.6 Å². The zero-order valence-electron chi connectivity index (χ0n) is 16.5. The molecule has 1 aromatic heterocycles. The Bertz CT molecular complexity index is 1110. The summed E-state index contributed by atoms with van der Waals surface area (Å²) in [7, 11) is 0. The summed E-state index contributed by atoms with van der Waals surface area (Å²) in [5.41, 5.74) is 5.14. The Morgan fingerprint density at radius 3 is 2.55 bits per heavy atom. The predicted molar refractivity (Wildman–Crippen MR) is 109 cm³/mol. The molecule has 0 atom stereocenters. The van der Waals surface area contributed by atoms with Gasteiger partial charge in [-0.05, 0) is 37.3 Å². The average molecular weight is 427 g/mol. The number of nitrogens with two attached hydrogens (primary N) is 1. The van der Waals surface area contributed by atoms with Crippen LogP contribution in [0.1, 0.15) is 33.2 Å². The summed E-state index contributed by atoms with van der Waals surface area (Å²) in [6.45, 7) is 2.34. The highest BCUT2D eigenvalue weighted by molar-refractivity contribution is 6.05. The number of halogens is 2. The summed E-state index contributed by atoms with van der Waals surface area (Å²) in [6, 6.07) is 9.42. The number of pyridine rings is 1. The fraction of sp³-hybridized carbons (Fsp3) is 0.136. The number of nitrogens with one attached hydrogen (secondary N) is 1. The number of ether oxygens (including phenoxy) is 2. The number of nitrogens with zero attached hydrogens (tertiary/aromatic N) is 1. The third-order valence-electron chi connectivity index (χ3n) is 4.19. The maximum Gasteiger partial charge on any atom is 0.255 e. The molecule has 0 aliphatic heterocycles. The van der Waals surface area contributed by atoms with Gasteiger partial charge in [-0.1, -0.05) is 6.07 Å². The van der Waals surface area contributed by atoms with Crippen molar-refractivity contribution < 1.29 is 27.8 Å². The molecular formula is C22H19F2N3O4. The summed E-state index contributed by atoms with van der Waals surface area (Å²) in [4.78, 5) is 27.9. The van der Waals surface area contributed by atoms with Crippen LogP contribution in [0.4, 0.5) is 14.5 Å². The van der Waals surface area contributed by atoms with Crippen molar-refractivity contribution in [2.45, 2.75) is 13.5 Å². The Labute approximate surface area is 176 Å². The van der Waals surface area contributed by atoms with E-state index in [9.17, 15) is 18.4 Å². The molecular weight excluding hydrogens is 408 g/mol. The second kappa shape index (κ2) is 9.66. The molecule has 0 radical (unpaired) electrons. The van der Waals surface area contributed by atoms with E-state index in [0.717, 1.165) is 11.6 Å². The molecule has 31 heavy (non-hydrogen) atoms. The minimum absolute atomic E-state index is 0.140. The van der Waals surface area contributed by atoms with Gasteiger partial charge in [0.15, 0.2) is 11.5 Å². The lowest BCUT2D eigenvalue weighted by Gasteiger charge is -2.14. The van der Waals surface area contributed by atoms with E-state index >= 15 is 0 Å². The van der Waals surface area contributed by atoms with E-state index < -0.39 is 29.0 Å². The Kier molecular flexibility index (Phi) is 6.76. The Morgan fingerprint density at radius 1 is 1.06 bits per heavy atom. The standard InChI is InChI=1S/C22H19F2N3O4/c1-2-30-20-8-14(5-6-19(20)31-12-13-4-3-7-26-11-13)22(29)27-18-9-15(21(25)28)16(23)10-17(18)24/h3-11H,2,12H2,1H3,(H2,25,28)(H,27,29). The van der Waals surface area contributed by atoms with Gasteiger partial charge in [-0.25, -0.2) is 8.78 Å². The van der Waals surface area contributed by atoms with Gasteiger partial charge in [0.25, 0.3) is 11.8 Å². The molecule has 0 aliphatic rings. The quantitative estimate of drug-likeness (QED) is 0.571. The number of carbonyl (C=O) groups excluding carboxylic acids is 2. The molecule has 3 N–H and O–H groups in total. The maximum atomic E-state index is 14.0. The van der Waals surface area contributed by atoms with Crippen molar-refractivity contribution in [1.29, 1.82) is 0 Å². The van der Waals surface area contributed by atoms with E-state index in [4.69, 9.17) is 15.2 Å². The van der Waals surface area contributed by atoms with Crippen molar-refractivity contribution in [3.8, 4) is 11.5 Å². The third kappa shape index (κ3) is 5.33. The first-order valence-corrected chi connectivity index (χ1v) is 9.27. The minimum Gasteiger partial charge on any atom is -0.490 e. The van der Waals surface area contributed by atoms with Crippen LogP contribution in [-0.4, -0.2) is 23.4 Å². The van der Waals surface area contributed by atoms with E-state index in [-0.39, 0.29) is 17.9 Å². The molecule has 2 amide bonds. The summed E-state index contributed by atoms with van der Waals surface area (Å²) >= 11 is 0. The molecule has 0 spiro atoms. The Morgan fingerprint density at radius 2 is 1.87 bits per heavy atom. The van der Waals surface area contributed by atoms with Gasteiger partial charge in [-0.3, -0.25) is 14.6 Å². The fourth-order valence-electron chi connectivity index (χ4n) is 2.71. The van der Waals surface area contributed by atoms with Gasteiger partial charge in [-0.15, -0.1) is 0 Å². The number of carbonyl (C=O) groups is 2. The molecule has 0 unspecified atom stereocenters. The highest BCUT2D eigenvalue weighted by atomic mass is 19.1. The van der Waals surface area contributed by atoms with Gasteiger partial charge in [0.1, 0.15) is 18.2 Å². The van der Waals surface area contributed by atoms with Gasteiger partial charge in [0, 0.05) is 29.6 Å². The lowest BCUT2D eigenvalue weighted by Crippen LogP contribution is -2.17. The summed E-state index contributed by atoms with van der Waals surface area (Å²) in [6.07, 6.45) is 3.32. The van der Waals surface area contributed by atoms with Gasteiger partial charge in [0.2, 0.25) is 0 Å². The molecule has 160 valence electrons. The lowest BCUT2D eigenvalue weighted by atomic mass is 10.1. The normalized spacial score (nSPS) is 10.4. The second-order valence-corrected chi connectivity index (χ2v) is 6.37. The molecule has 1 heterocycles. The second-order valence-electron chi connectivity index (χ2n) is 6.37. The Balaban J connectivity index is 1.81. The van der Waals surface area contributed by atoms with Crippen LogP contribution < -0.4 is 20.5 Å². The van der Waals surface area contributed by atoms with Crippen molar-refractivity contribution in [1.82, 2.24) is 4.98 Å². The molecule has 3 aromatic rings. The van der Waals surface area contributed by atoms with Crippen LogP contribution in [0.3, 0.4) is 0 Å². The van der Waals surface area contributed by atoms with Crippen LogP contribution in [0.25, 0.3) is 0 Å². The van der Waals surface area contributed by atoms with E-state index in [1.54, 1.807) is 31.5 Å². The van der Waals surface area contributed by atoms with Crippen LogP contribution in [0.2, 0.25) is 0 Å². The van der Waals surface area contributed by atoms with Crippen molar-refractivity contribution in [3.05, 3.63) is 83.2 Å². The third-order valence-corrected chi connectivity index (χ3v) is 4.19. The van der Waals surface area contributed by atoms with E-state index in [2.05, 4.69) is 10.3 Å². The summed E-state index contributed by atoms with van der Waals surface area (Å²) < 4.78 is 39.0. The van der Waals surface area contributed by atoms with Crippen LogP contribution in [-0.2, 0) is 6.61 Å². The molecule has 7 nitrogen and oxygen atoms in total. The zero-order chi connectivity index (χ0) is 22.4.